The monoisotopic (exact) mass is 426 g/mol. The summed E-state index contributed by atoms with van der Waals surface area (Å²) in [5, 5.41) is 3.13. The van der Waals surface area contributed by atoms with E-state index in [2.05, 4.69) is 17.4 Å². The van der Waals surface area contributed by atoms with Crippen molar-refractivity contribution >= 4 is 23.6 Å². The number of carbonyl (C=O) groups excluding carboxylic acids is 2. The van der Waals surface area contributed by atoms with Crippen LogP contribution in [0, 0.1) is 0 Å². The van der Waals surface area contributed by atoms with Crippen LogP contribution in [0.4, 0.5) is 0 Å². The molecule has 0 bridgehead atoms. The zero-order chi connectivity index (χ0) is 21.6. The molecule has 6 heteroatoms. The smallest absolute Gasteiger partial charge is 0.254 e. The zero-order valence-electron chi connectivity index (χ0n) is 17.9. The van der Waals surface area contributed by atoms with E-state index in [0.29, 0.717) is 18.5 Å². The number of likely N-dealkylation sites (tertiary alicyclic amines) is 1. The highest BCUT2D eigenvalue weighted by Gasteiger charge is 2.46. The Morgan fingerprint density at radius 2 is 1.87 bits per heavy atom. The Hall–Kier alpha value is -2.31. The number of methoxy groups -OCH3 is 1. The number of hydrogen-bond donors (Lipinski definition) is 1. The van der Waals surface area contributed by atoms with Gasteiger partial charge in [0.25, 0.3) is 5.91 Å². The van der Waals surface area contributed by atoms with E-state index in [1.165, 1.54) is 4.90 Å². The number of amides is 2. The first kappa shape index (κ1) is 22.4. The van der Waals surface area contributed by atoms with Crippen LogP contribution in [0.2, 0.25) is 0 Å². The molecule has 1 fully saturated rings. The molecule has 5 nitrogen and oxygen atoms in total. The lowest BCUT2D eigenvalue weighted by Crippen LogP contribution is -2.55. The van der Waals surface area contributed by atoms with Crippen molar-refractivity contribution in [3.8, 4) is 0 Å². The third-order valence-electron chi connectivity index (χ3n) is 5.68. The molecule has 1 aliphatic heterocycles. The van der Waals surface area contributed by atoms with Crippen molar-refractivity contribution in [3.63, 3.8) is 0 Å². The van der Waals surface area contributed by atoms with Crippen LogP contribution in [-0.4, -0.2) is 48.3 Å². The normalized spacial score (nSPS) is 19.5. The quantitative estimate of drug-likeness (QED) is 0.505. The van der Waals surface area contributed by atoms with E-state index < -0.39 is 5.54 Å². The molecule has 0 spiro atoms. The molecule has 160 valence electrons. The first-order valence-electron chi connectivity index (χ1n) is 10.4. The Balaban J connectivity index is 1.65. The maximum atomic E-state index is 13.2. The van der Waals surface area contributed by atoms with Crippen LogP contribution in [0.15, 0.2) is 59.5 Å². The number of nitrogens with zero attached hydrogens (tertiary/aromatic N) is 1. The minimum Gasteiger partial charge on any atom is -0.384 e. The molecule has 1 heterocycles. The molecule has 2 aromatic carbocycles. The van der Waals surface area contributed by atoms with Gasteiger partial charge in [0.05, 0.1) is 12.6 Å². The fourth-order valence-electron chi connectivity index (χ4n) is 3.79. The minimum absolute atomic E-state index is 0.0872. The van der Waals surface area contributed by atoms with Gasteiger partial charge < -0.3 is 15.0 Å². The average molecular weight is 427 g/mol. The Labute approximate surface area is 183 Å². The average Bonchev–Trinajstić information content (AvgIpc) is 3.17. The number of thioether (sulfide) groups is 1. The molecule has 3 rings (SSSR count). The molecule has 1 aliphatic rings. The van der Waals surface area contributed by atoms with E-state index in [-0.39, 0.29) is 17.9 Å². The first-order chi connectivity index (χ1) is 14.5. The molecule has 2 unspecified atom stereocenters. The minimum atomic E-state index is -0.836. The molecule has 2 amide bonds. The van der Waals surface area contributed by atoms with Gasteiger partial charge in [0.15, 0.2) is 0 Å². The van der Waals surface area contributed by atoms with Crippen LogP contribution in [0.5, 0.6) is 0 Å². The van der Waals surface area contributed by atoms with Gasteiger partial charge in [0.1, 0.15) is 5.54 Å². The van der Waals surface area contributed by atoms with Crippen molar-refractivity contribution in [1.82, 2.24) is 10.2 Å². The second kappa shape index (κ2) is 10.1. The molecule has 0 radical (unpaired) electrons. The molecule has 0 saturated carbocycles. The molecule has 0 aromatic heterocycles. The topological polar surface area (TPSA) is 58.6 Å². The lowest BCUT2D eigenvalue weighted by atomic mass is 9.95. The summed E-state index contributed by atoms with van der Waals surface area (Å²) in [4.78, 5) is 29.1. The summed E-state index contributed by atoms with van der Waals surface area (Å²) in [6.45, 7) is 5.17. The van der Waals surface area contributed by atoms with Crippen LogP contribution >= 0.6 is 11.8 Å². The van der Waals surface area contributed by atoms with E-state index in [1.54, 1.807) is 35.9 Å². The van der Waals surface area contributed by atoms with Crippen LogP contribution in [-0.2, 0) is 9.53 Å². The molecule has 0 aliphatic carbocycles. The van der Waals surface area contributed by atoms with Crippen molar-refractivity contribution in [2.75, 3.05) is 26.0 Å². The summed E-state index contributed by atoms with van der Waals surface area (Å²) in [5.41, 5.74) is 0.826. The molecule has 1 saturated heterocycles. The molecular weight excluding hydrogens is 396 g/mol. The van der Waals surface area contributed by atoms with E-state index in [9.17, 15) is 9.59 Å². The van der Waals surface area contributed by atoms with Crippen molar-refractivity contribution in [3.05, 3.63) is 65.7 Å². The molecule has 1 N–H and O–H groups in total. The molecule has 2 aromatic rings. The SMILES string of the molecule is COCCSc1ccc(C(C)NC(=O)C2(C)CCCN2C(=O)c2ccccc2)cc1. The van der Waals surface area contributed by atoms with Crippen LogP contribution in [0.25, 0.3) is 0 Å². The third kappa shape index (κ3) is 5.05. The largest absolute Gasteiger partial charge is 0.384 e. The number of hydrogen-bond acceptors (Lipinski definition) is 4. The van der Waals surface area contributed by atoms with E-state index in [0.717, 1.165) is 24.3 Å². The fourth-order valence-corrected chi connectivity index (χ4v) is 4.61. The zero-order valence-corrected chi connectivity index (χ0v) is 18.7. The lowest BCUT2D eigenvalue weighted by molar-refractivity contribution is -0.130. The van der Waals surface area contributed by atoms with Gasteiger partial charge in [-0.3, -0.25) is 9.59 Å². The predicted octanol–water partition coefficient (Wildman–Crippen LogP) is 4.30. The van der Waals surface area contributed by atoms with E-state index in [1.807, 2.05) is 44.2 Å². The number of carbonyl (C=O) groups is 2. The highest BCUT2D eigenvalue weighted by Crippen LogP contribution is 2.32. The van der Waals surface area contributed by atoms with Crippen LogP contribution in [0.1, 0.15) is 48.7 Å². The number of ether oxygens (including phenoxy) is 1. The Bertz CT molecular complexity index is 857. The summed E-state index contributed by atoms with van der Waals surface area (Å²) in [6.07, 6.45) is 1.49. The number of rotatable bonds is 8. The molecular formula is C24H30N2O3S. The number of nitrogens with one attached hydrogen (secondary N) is 1. The highest BCUT2D eigenvalue weighted by molar-refractivity contribution is 7.99. The fraction of sp³-hybridized carbons (Fsp3) is 0.417. The summed E-state index contributed by atoms with van der Waals surface area (Å²) in [6, 6.07) is 17.3. The van der Waals surface area contributed by atoms with Gasteiger partial charge in [0.2, 0.25) is 5.91 Å². The van der Waals surface area contributed by atoms with Gasteiger partial charge in [0, 0.05) is 29.9 Å². The van der Waals surface area contributed by atoms with E-state index in [4.69, 9.17) is 4.74 Å². The van der Waals surface area contributed by atoms with Crippen LogP contribution < -0.4 is 5.32 Å². The molecule has 2 atom stereocenters. The van der Waals surface area contributed by atoms with Gasteiger partial charge in [-0.1, -0.05) is 30.3 Å². The Morgan fingerprint density at radius 1 is 1.17 bits per heavy atom. The van der Waals surface area contributed by atoms with Crippen molar-refractivity contribution in [2.45, 2.75) is 43.2 Å². The summed E-state index contributed by atoms with van der Waals surface area (Å²) in [5.74, 6) is 0.720. The first-order valence-corrected chi connectivity index (χ1v) is 11.3. The summed E-state index contributed by atoms with van der Waals surface area (Å²) < 4.78 is 5.08. The standard InChI is InChI=1S/C24H30N2O3S/c1-18(19-10-12-21(13-11-19)30-17-16-29-3)25-23(28)24(2)14-7-15-26(24)22(27)20-8-5-4-6-9-20/h4-6,8-13,18H,7,14-17H2,1-3H3,(H,25,28). The molecule has 30 heavy (non-hydrogen) atoms. The van der Waals surface area contributed by atoms with Crippen molar-refractivity contribution < 1.29 is 14.3 Å². The van der Waals surface area contributed by atoms with Gasteiger partial charge in [-0.15, -0.1) is 11.8 Å². The number of benzene rings is 2. The van der Waals surface area contributed by atoms with Gasteiger partial charge in [-0.2, -0.15) is 0 Å². The van der Waals surface area contributed by atoms with Crippen molar-refractivity contribution in [2.24, 2.45) is 0 Å². The summed E-state index contributed by atoms with van der Waals surface area (Å²) in [7, 11) is 1.70. The summed E-state index contributed by atoms with van der Waals surface area (Å²) >= 11 is 1.74. The Kier molecular flexibility index (Phi) is 7.56. The predicted molar refractivity (Wildman–Crippen MR) is 121 cm³/mol. The second-order valence-electron chi connectivity index (χ2n) is 7.81. The van der Waals surface area contributed by atoms with Gasteiger partial charge in [-0.05, 0) is 56.5 Å². The maximum absolute atomic E-state index is 13.2. The maximum Gasteiger partial charge on any atom is 0.254 e. The third-order valence-corrected chi connectivity index (χ3v) is 6.66. The van der Waals surface area contributed by atoms with E-state index >= 15 is 0 Å². The second-order valence-corrected chi connectivity index (χ2v) is 8.97. The van der Waals surface area contributed by atoms with Gasteiger partial charge in [-0.25, -0.2) is 0 Å². The lowest BCUT2D eigenvalue weighted by Gasteiger charge is -2.35. The highest BCUT2D eigenvalue weighted by atomic mass is 32.2. The van der Waals surface area contributed by atoms with Gasteiger partial charge >= 0.3 is 0 Å². The van der Waals surface area contributed by atoms with Crippen LogP contribution in [0.3, 0.4) is 0 Å². The van der Waals surface area contributed by atoms with Crippen molar-refractivity contribution in [1.29, 1.82) is 0 Å². The Morgan fingerprint density at radius 3 is 2.53 bits per heavy atom.